The number of amides is 1. The Bertz CT molecular complexity index is 515. The van der Waals surface area contributed by atoms with E-state index in [0.29, 0.717) is 22.2 Å². The van der Waals surface area contributed by atoms with Crippen molar-refractivity contribution in [2.75, 3.05) is 19.8 Å². The molecule has 1 aromatic carbocycles. The van der Waals surface area contributed by atoms with Crippen LogP contribution in [0.5, 0.6) is 0 Å². The van der Waals surface area contributed by atoms with Crippen LogP contribution in [0.2, 0.25) is 10.0 Å². The Hall–Kier alpha value is -1.30. The second-order valence-electron chi connectivity index (χ2n) is 4.39. The first-order chi connectivity index (χ1) is 9.50. The molecule has 1 aromatic rings. The zero-order valence-corrected chi connectivity index (χ0v) is 12.0. The number of carbonyl (C=O) groups is 2. The lowest BCUT2D eigenvalue weighted by Crippen LogP contribution is -2.53. The van der Waals surface area contributed by atoms with Gasteiger partial charge in [-0.15, -0.1) is 0 Å². The number of carboxylic acids is 1. The maximum atomic E-state index is 12.3. The fraction of sp³-hybridized carbons (Fsp3) is 0.385. The van der Waals surface area contributed by atoms with Crippen molar-refractivity contribution in [2.45, 2.75) is 12.5 Å². The maximum Gasteiger partial charge on any atom is 0.328 e. The van der Waals surface area contributed by atoms with Gasteiger partial charge in [0.25, 0.3) is 0 Å². The minimum Gasteiger partial charge on any atom is -0.480 e. The highest BCUT2D eigenvalue weighted by molar-refractivity contribution is 6.36. The Morgan fingerprint density at radius 3 is 2.60 bits per heavy atom. The zero-order valence-electron chi connectivity index (χ0n) is 10.5. The molecule has 7 heteroatoms. The number of carbonyl (C=O) groups excluding carboxylic acids is 1. The molecule has 1 fully saturated rings. The van der Waals surface area contributed by atoms with Crippen LogP contribution in [0.3, 0.4) is 0 Å². The Kier molecular flexibility index (Phi) is 4.86. The first kappa shape index (κ1) is 15.1. The van der Waals surface area contributed by atoms with Gasteiger partial charge in [0.1, 0.15) is 0 Å². The van der Waals surface area contributed by atoms with Gasteiger partial charge in [-0.25, -0.2) is 4.79 Å². The fourth-order valence-corrected chi connectivity index (χ4v) is 2.59. The summed E-state index contributed by atoms with van der Waals surface area (Å²) >= 11 is 12.0. The average Bonchev–Trinajstić information content (AvgIpc) is 2.43. The third-order valence-corrected chi connectivity index (χ3v) is 3.83. The molecular weight excluding hydrogens is 305 g/mol. The summed E-state index contributed by atoms with van der Waals surface area (Å²) in [6, 6.07) is 4.01. The van der Waals surface area contributed by atoms with Crippen LogP contribution in [0.25, 0.3) is 0 Å². The van der Waals surface area contributed by atoms with Crippen LogP contribution in [0.15, 0.2) is 18.2 Å². The van der Waals surface area contributed by atoms with Crippen molar-refractivity contribution >= 4 is 35.1 Å². The first-order valence-electron chi connectivity index (χ1n) is 6.03. The van der Waals surface area contributed by atoms with Gasteiger partial charge in [-0.1, -0.05) is 29.3 Å². The van der Waals surface area contributed by atoms with E-state index in [0.717, 1.165) is 0 Å². The molecule has 1 saturated heterocycles. The molecule has 2 rings (SSSR count). The molecular formula is C13H13Cl2NO4. The number of carboxylic acid groups (broad SMARTS) is 1. The molecule has 1 aliphatic heterocycles. The number of benzene rings is 1. The third kappa shape index (κ3) is 3.23. The fourth-order valence-electron chi connectivity index (χ4n) is 2.06. The van der Waals surface area contributed by atoms with E-state index >= 15 is 0 Å². The van der Waals surface area contributed by atoms with Gasteiger partial charge in [0.2, 0.25) is 5.91 Å². The largest absolute Gasteiger partial charge is 0.480 e. The molecule has 1 N–H and O–H groups in total. The van der Waals surface area contributed by atoms with Gasteiger partial charge in [0.15, 0.2) is 6.04 Å². The van der Waals surface area contributed by atoms with Crippen LogP contribution in [0, 0.1) is 0 Å². The van der Waals surface area contributed by atoms with Crippen LogP contribution >= 0.6 is 23.2 Å². The van der Waals surface area contributed by atoms with Crippen molar-refractivity contribution < 1.29 is 19.4 Å². The van der Waals surface area contributed by atoms with Gasteiger partial charge in [0, 0.05) is 16.6 Å². The highest BCUT2D eigenvalue weighted by atomic mass is 35.5. The normalized spacial score (nSPS) is 18.9. The summed E-state index contributed by atoms with van der Waals surface area (Å²) in [4.78, 5) is 24.7. The van der Waals surface area contributed by atoms with Gasteiger partial charge < -0.3 is 14.7 Å². The van der Waals surface area contributed by atoms with E-state index in [-0.39, 0.29) is 25.5 Å². The van der Waals surface area contributed by atoms with Gasteiger partial charge in [-0.05, 0) is 17.7 Å². The second-order valence-corrected chi connectivity index (χ2v) is 5.21. The molecule has 0 spiro atoms. The van der Waals surface area contributed by atoms with Crippen LogP contribution in [-0.2, 0) is 20.7 Å². The monoisotopic (exact) mass is 317 g/mol. The van der Waals surface area contributed by atoms with Crippen LogP contribution in [0.4, 0.5) is 0 Å². The highest BCUT2D eigenvalue weighted by Crippen LogP contribution is 2.25. The quantitative estimate of drug-likeness (QED) is 0.923. The Labute approximate surface area is 126 Å². The minimum absolute atomic E-state index is 0.00265. The summed E-state index contributed by atoms with van der Waals surface area (Å²) < 4.78 is 5.09. The van der Waals surface area contributed by atoms with Gasteiger partial charge in [0.05, 0.1) is 19.6 Å². The summed E-state index contributed by atoms with van der Waals surface area (Å²) in [6.45, 7) is 0.570. The predicted octanol–water partition coefficient (Wildman–Crippen LogP) is 1.85. The van der Waals surface area contributed by atoms with Crippen molar-refractivity contribution in [3.63, 3.8) is 0 Å². The Morgan fingerprint density at radius 2 is 2.00 bits per heavy atom. The van der Waals surface area contributed by atoms with E-state index in [1.165, 1.54) is 4.90 Å². The molecule has 1 atom stereocenters. The number of nitrogens with zero attached hydrogens (tertiary/aromatic N) is 1. The molecule has 1 heterocycles. The highest BCUT2D eigenvalue weighted by Gasteiger charge is 2.32. The van der Waals surface area contributed by atoms with Gasteiger partial charge in [-0.3, -0.25) is 4.79 Å². The summed E-state index contributed by atoms with van der Waals surface area (Å²) in [5.74, 6) is -1.40. The zero-order chi connectivity index (χ0) is 14.7. The Morgan fingerprint density at radius 1 is 1.35 bits per heavy atom. The second kappa shape index (κ2) is 6.43. The lowest BCUT2D eigenvalue weighted by Gasteiger charge is -2.33. The lowest BCUT2D eigenvalue weighted by molar-refractivity contribution is -0.158. The van der Waals surface area contributed by atoms with Crippen LogP contribution in [-0.4, -0.2) is 47.7 Å². The van der Waals surface area contributed by atoms with E-state index in [1.807, 2.05) is 0 Å². The molecule has 0 aromatic heterocycles. The number of morpholine rings is 1. The number of hydrogen-bond donors (Lipinski definition) is 1. The standard InChI is InChI=1S/C13H13Cl2NO4/c14-9-2-1-3-10(15)8(9)6-12(17)16-4-5-20-7-11(16)13(18)19/h1-3,11H,4-7H2,(H,18,19)/t11-/m0/s1. The van der Waals surface area contributed by atoms with Crippen molar-refractivity contribution in [1.82, 2.24) is 4.90 Å². The van der Waals surface area contributed by atoms with E-state index in [2.05, 4.69) is 0 Å². The van der Waals surface area contributed by atoms with Gasteiger partial charge >= 0.3 is 5.97 Å². The van der Waals surface area contributed by atoms with Crippen molar-refractivity contribution in [3.8, 4) is 0 Å². The molecule has 20 heavy (non-hydrogen) atoms. The summed E-state index contributed by atoms with van der Waals surface area (Å²) in [6.07, 6.45) is -0.0255. The summed E-state index contributed by atoms with van der Waals surface area (Å²) in [7, 11) is 0. The molecule has 0 unspecified atom stereocenters. The molecule has 0 bridgehead atoms. The van der Waals surface area contributed by atoms with Crippen LogP contribution < -0.4 is 0 Å². The van der Waals surface area contributed by atoms with Crippen molar-refractivity contribution in [3.05, 3.63) is 33.8 Å². The molecule has 1 aliphatic rings. The van der Waals surface area contributed by atoms with E-state index in [1.54, 1.807) is 18.2 Å². The maximum absolute atomic E-state index is 12.3. The lowest BCUT2D eigenvalue weighted by atomic mass is 10.1. The molecule has 0 aliphatic carbocycles. The molecule has 0 saturated carbocycles. The van der Waals surface area contributed by atoms with E-state index in [9.17, 15) is 9.59 Å². The molecule has 5 nitrogen and oxygen atoms in total. The van der Waals surface area contributed by atoms with Crippen LogP contribution in [0.1, 0.15) is 5.56 Å². The first-order valence-corrected chi connectivity index (χ1v) is 6.79. The topological polar surface area (TPSA) is 66.8 Å². The average molecular weight is 318 g/mol. The minimum atomic E-state index is -1.08. The predicted molar refractivity (Wildman–Crippen MR) is 74.1 cm³/mol. The summed E-state index contributed by atoms with van der Waals surface area (Å²) in [5.41, 5.74) is 0.511. The third-order valence-electron chi connectivity index (χ3n) is 3.12. The Balaban J connectivity index is 2.16. The summed E-state index contributed by atoms with van der Waals surface area (Å²) in [5, 5.41) is 9.90. The van der Waals surface area contributed by atoms with Gasteiger partial charge in [-0.2, -0.15) is 0 Å². The van der Waals surface area contributed by atoms with Crippen molar-refractivity contribution in [1.29, 1.82) is 0 Å². The number of ether oxygens (including phenoxy) is 1. The number of aliphatic carboxylic acids is 1. The SMILES string of the molecule is O=C(O)[C@@H]1COCCN1C(=O)Cc1c(Cl)cccc1Cl. The number of rotatable bonds is 3. The van der Waals surface area contributed by atoms with Crippen molar-refractivity contribution in [2.24, 2.45) is 0 Å². The number of halogens is 2. The molecule has 1 amide bonds. The van der Waals surface area contributed by atoms with E-state index < -0.39 is 12.0 Å². The molecule has 0 radical (unpaired) electrons. The molecule has 108 valence electrons. The van der Waals surface area contributed by atoms with E-state index in [4.69, 9.17) is 33.0 Å². The smallest absolute Gasteiger partial charge is 0.328 e. The number of hydrogen-bond acceptors (Lipinski definition) is 3.